The van der Waals surface area contributed by atoms with E-state index in [4.69, 9.17) is 5.11 Å². The summed E-state index contributed by atoms with van der Waals surface area (Å²) in [6, 6.07) is 2.66. The van der Waals surface area contributed by atoms with Crippen molar-refractivity contribution in [3.8, 4) is 0 Å². The number of hydrogen-bond acceptors (Lipinski definition) is 4. The molecule has 0 atom stereocenters. The molecule has 7 heteroatoms. The number of carboxylic acids is 1. The van der Waals surface area contributed by atoms with Crippen molar-refractivity contribution in [2.24, 2.45) is 0 Å². The van der Waals surface area contributed by atoms with E-state index in [2.05, 4.69) is 10.3 Å². The third-order valence-corrected chi connectivity index (χ3v) is 2.77. The lowest BCUT2D eigenvalue weighted by atomic mass is 10.2. The molecule has 0 spiro atoms. The van der Waals surface area contributed by atoms with Crippen LogP contribution in [0.5, 0.6) is 0 Å². The summed E-state index contributed by atoms with van der Waals surface area (Å²) in [4.78, 5) is 39.5. The molecule has 1 saturated heterocycles. The molecule has 2 rings (SSSR count). The van der Waals surface area contributed by atoms with Crippen LogP contribution in [0.1, 0.15) is 27.3 Å². The van der Waals surface area contributed by atoms with E-state index in [1.54, 1.807) is 0 Å². The Morgan fingerprint density at radius 1 is 1.42 bits per heavy atom. The standard InChI is InChI=1S/C12H13N3O4/c16-10-7-15(5-1-3-14-10)11(17)8-2-4-13-9(6-8)12(18)19/h2,4,6H,1,3,5,7H2,(H,14,16)(H,18,19). The second kappa shape index (κ2) is 5.47. The van der Waals surface area contributed by atoms with E-state index in [0.717, 1.165) is 0 Å². The van der Waals surface area contributed by atoms with E-state index in [1.807, 2.05) is 0 Å². The molecule has 0 radical (unpaired) electrons. The molecule has 2 heterocycles. The molecule has 1 fully saturated rings. The quantitative estimate of drug-likeness (QED) is 0.766. The average Bonchev–Trinajstić information content (AvgIpc) is 2.62. The Labute approximate surface area is 109 Å². The first-order valence-corrected chi connectivity index (χ1v) is 5.83. The number of carbonyl (C=O) groups excluding carboxylic acids is 2. The van der Waals surface area contributed by atoms with Gasteiger partial charge in [0.2, 0.25) is 5.91 Å². The first-order valence-electron chi connectivity index (χ1n) is 5.83. The Morgan fingerprint density at radius 2 is 2.21 bits per heavy atom. The van der Waals surface area contributed by atoms with Gasteiger partial charge in [-0.3, -0.25) is 9.59 Å². The minimum atomic E-state index is -1.19. The molecule has 0 bridgehead atoms. The Hall–Kier alpha value is -2.44. The first kappa shape index (κ1) is 13.0. The largest absolute Gasteiger partial charge is 0.477 e. The molecule has 2 amide bonds. The van der Waals surface area contributed by atoms with Gasteiger partial charge in [-0.1, -0.05) is 0 Å². The lowest BCUT2D eigenvalue weighted by Crippen LogP contribution is -2.37. The molecule has 0 aromatic carbocycles. The zero-order valence-electron chi connectivity index (χ0n) is 10.1. The van der Waals surface area contributed by atoms with E-state index in [0.29, 0.717) is 19.5 Å². The summed E-state index contributed by atoms with van der Waals surface area (Å²) in [6.07, 6.45) is 1.95. The van der Waals surface area contributed by atoms with E-state index in [1.165, 1.54) is 23.2 Å². The third-order valence-electron chi connectivity index (χ3n) is 2.77. The smallest absolute Gasteiger partial charge is 0.354 e. The van der Waals surface area contributed by atoms with Crippen LogP contribution in [-0.2, 0) is 4.79 Å². The topological polar surface area (TPSA) is 99.6 Å². The lowest BCUT2D eigenvalue weighted by molar-refractivity contribution is -0.121. The Kier molecular flexibility index (Phi) is 3.74. The number of aromatic nitrogens is 1. The molecule has 0 aliphatic carbocycles. The molecule has 19 heavy (non-hydrogen) atoms. The lowest BCUT2D eigenvalue weighted by Gasteiger charge is -2.18. The average molecular weight is 263 g/mol. The third kappa shape index (κ3) is 3.06. The second-order valence-corrected chi connectivity index (χ2v) is 4.17. The van der Waals surface area contributed by atoms with Crippen LogP contribution in [0.4, 0.5) is 0 Å². The van der Waals surface area contributed by atoms with Crippen molar-refractivity contribution >= 4 is 17.8 Å². The number of pyridine rings is 1. The highest BCUT2D eigenvalue weighted by atomic mass is 16.4. The summed E-state index contributed by atoms with van der Waals surface area (Å²) < 4.78 is 0. The van der Waals surface area contributed by atoms with Crippen LogP contribution in [0.2, 0.25) is 0 Å². The van der Waals surface area contributed by atoms with Crippen LogP contribution in [0, 0.1) is 0 Å². The van der Waals surface area contributed by atoms with Crippen molar-refractivity contribution in [3.63, 3.8) is 0 Å². The molecule has 2 N–H and O–H groups in total. The monoisotopic (exact) mass is 263 g/mol. The van der Waals surface area contributed by atoms with Gasteiger partial charge in [0.05, 0.1) is 6.54 Å². The SMILES string of the molecule is O=C1CN(C(=O)c2ccnc(C(=O)O)c2)CCCN1. The van der Waals surface area contributed by atoms with Crippen molar-refractivity contribution in [1.82, 2.24) is 15.2 Å². The minimum Gasteiger partial charge on any atom is -0.477 e. The number of amides is 2. The summed E-state index contributed by atoms with van der Waals surface area (Å²) in [7, 11) is 0. The van der Waals surface area contributed by atoms with Crippen LogP contribution in [-0.4, -0.2) is 52.4 Å². The summed E-state index contributed by atoms with van der Waals surface area (Å²) in [5.74, 6) is -1.76. The maximum atomic E-state index is 12.2. The molecule has 100 valence electrons. The van der Waals surface area contributed by atoms with Crippen molar-refractivity contribution in [2.45, 2.75) is 6.42 Å². The highest BCUT2D eigenvalue weighted by molar-refractivity contribution is 5.98. The van der Waals surface area contributed by atoms with Crippen LogP contribution >= 0.6 is 0 Å². The summed E-state index contributed by atoms with van der Waals surface area (Å²) >= 11 is 0. The maximum absolute atomic E-state index is 12.2. The number of nitrogens with zero attached hydrogens (tertiary/aromatic N) is 2. The predicted molar refractivity (Wildman–Crippen MR) is 64.7 cm³/mol. The van der Waals surface area contributed by atoms with Crippen molar-refractivity contribution < 1.29 is 19.5 Å². The van der Waals surface area contributed by atoms with Crippen LogP contribution in [0.15, 0.2) is 18.3 Å². The number of nitrogens with one attached hydrogen (secondary N) is 1. The van der Waals surface area contributed by atoms with Gasteiger partial charge in [0.25, 0.3) is 5.91 Å². The fraction of sp³-hybridized carbons (Fsp3) is 0.333. The zero-order chi connectivity index (χ0) is 13.8. The Morgan fingerprint density at radius 3 is 2.95 bits per heavy atom. The van der Waals surface area contributed by atoms with E-state index in [-0.39, 0.29) is 29.6 Å². The van der Waals surface area contributed by atoms with Gasteiger partial charge in [-0.15, -0.1) is 0 Å². The minimum absolute atomic E-state index is 0.0104. The molecule has 1 aliphatic heterocycles. The fourth-order valence-electron chi connectivity index (χ4n) is 1.84. The van der Waals surface area contributed by atoms with Gasteiger partial charge < -0.3 is 15.3 Å². The molecule has 1 aromatic rings. The molecule has 1 aromatic heterocycles. The molecular weight excluding hydrogens is 250 g/mol. The second-order valence-electron chi connectivity index (χ2n) is 4.17. The number of carbonyl (C=O) groups is 3. The van der Waals surface area contributed by atoms with Crippen LogP contribution in [0.3, 0.4) is 0 Å². The summed E-state index contributed by atoms with van der Waals surface area (Å²) in [5, 5.41) is 11.5. The van der Waals surface area contributed by atoms with Gasteiger partial charge >= 0.3 is 5.97 Å². The van der Waals surface area contributed by atoms with Crippen molar-refractivity contribution in [2.75, 3.05) is 19.6 Å². The molecule has 0 saturated carbocycles. The van der Waals surface area contributed by atoms with Gasteiger partial charge in [0.15, 0.2) is 0 Å². The van der Waals surface area contributed by atoms with Gasteiger partial charge in [0.1, 0.15) is 5.69 Å². The molecule has 0 unspecified atom stereocenters. The first-order chi connectivity index (χ1) is 9.08. The van der Waals surface area contributed by atoms with Crippen LogP contribution < -0.4 is 5.32 Å². The van der Waals surface area contributed by atoms with Crippen molar-refractivity contribution in [3.05, 3.63) is 29.6 Å². The van der Waals surface area contributed by atoms with Gasteiger partial charge in [-0.25, -0.2) is 9.78 Å². The summed E-state index contributed by atoms with van der Waals surface area (Å²) in [5.41, 5.74) is 0.0345. The van der Waals surface area contributed by atoms with Crippen LogP contribution in [0.25, 0.3) is 0 Å². The van der Waals surface area contributed by atoms with Crippen molar-refractivity contribution in [1.29, 1.82) is 0 Å². The highest BCUT2D eigenvalue weighted by Crippen LogP contribution is 2.08. The zero-order valence-corrected chi connectivity index (χ0v) is 10.1. The van der Waals surface area contributed by atoms with Gasteiger partial charge in [-0.05, 0) is 18.6 Å². The summed E-state index contributed by atoms with van der Waals surface area (Å²) in [6.45, 7) is 0.991. The Bertz CT molecular complexity index is 529. The fourth-order valence-corrected chi connectivity index (χ4v) is 1.84. The normalized spacial score (nSPS) is 15.6. The maximum Gasteiger partial charge on any atom is 0.354 e. The number of rotatable bonds is 2. The Balaban J connectivity index is 2.20. The molecule has 1 aliphatic rings. The molecular formula is C12H13N3O4. The number of aromatic carboxylic acids is 1. The van der Waals surface area contributed by atoms with Gasteiger partial charge in [-0.2, -0.15) is 0 Å². The number of hydrogen-bond donors (Lipinski definition) is 2. The van der Waals surface area contributed by atoms with Gasteiger partial charge in [0, 0.05) is 24.8 Å². The predicted octanol–water partition coefficient (Wildman–Crippen LogP) is -0.258. The van der Waals surface area contributed by atoms with E-state index >= 15 is 0 Å². The van der Waals surface area contributed by atoms with E-state index in [9.17, 15) is 14.4 Å². The van der Waals surface area contributed by atoms with E-state index < -0.39 is 5.97 Å². The number of carboxylic acid groups (broad SMARTS) is 1. The highest BCUT2D eigenvalue weighted by Gasteiger charge is 2.21. The molecule has 7 nitrogen and oxygen atoms in total.